The highest BCUT2D eigenvalue weighted by molar-refractivity contribution is 7.15. The lowest BCUT2D eigenvalue weighted by molar-refractivity contribution is 0.0679. The first-order chi connectivity index (χ1) is 15.1. The highest BCUT2D eigenvalue weighted by atomic mass is 32.1. The molecule has 0 unspecified atom stereocenters. The first kappa shape index (κ1) is 21.4. The average molecular weight is 439 g/mol. The zero-order valence-electron chi connectivity index (χ0n) is 17.8. The van der Waals surface area contributed by atoms with Crippen molar-refractivity contribution < 1.29 is 14.3 Å². The minimum atomic E-state index is -0.196. The second kappa shape index (κ2) is 9.98. The lowest BCUT2D eigenvalue weighted by atomic mass is 10.1. The molecule has 1 N–H and O–H groups in total. The summed E-state index contributed by atoms with van der Waals surface area (Å²) in [7, 11) is 0. The Labute approximate surface area is 185 Å². The van der Waals surface area contributed by atoms with E-state index in [1.165, 1.54) is 4.88 Å². The highest BCUT2D eigenvalue weighted by Crippen LogP contribution is 2.30. The van der Waals surface area contributed by atoms with Crippen LogP contribution in [0, 0.1) is 6.92 Å². The summed E-state index contributed by atoms with van der Waals surface area (Å²) < 4.78 is 11.7. The molecule has 4 rings (SSSR count). The number of carbonyl (C=O) groups is 1. The number of nitrogens with one attached hydrogen (secondary N) is 1. The van der Waals surface area contributed by atoms with Gasteiger partial charge < -0.3 is 14.8 Å². The molecular formula is C23H26N4O3S. The van der Waals surface area contributed by atoms with Crippen LogP contribution < -0.4 is 10.1 Å². The summed E-state index contributed by atoms with van der Waals surface area (Å²) in [6, 6.07) is 5.56. The van der Waals surface area contributed by atoms with E-state index in [9.17, 15) is 4.79 Å². The second-order valence-corrected chi connectivity index (χ2v) is 8.62. The Bertz CT molecular complexity index is 1030. The van der Waals surface area contributed by atoms with Crippen molar-refractivity contribution in [2.75, 3.05) is 13.2 Å². The molecule has 0 radical (unpaired) electrons. The van der Waals surface area contributed by atoms with Gasteiger partial charge in [0.15, 0.2) is 0 Å². The van der Waals surface area contributed by atoms with Crippen LogP contribution in [0.3, 0.4) is 0 Å². The van der Waals surface area contributed by atoms with Crippen LogP contribution in [0.4, 0.5) is 0 Å². The maximum atomic E-state index is 12.9. The molecule has 1 aliphatic heterocycles. The number of aryl methyl sites for hydroxylation is 2. The fourth-order valence-electron chi connectivity index (χ4n) is 3.29. The Morgan fingerprint density at radius 2 is 2.13 bits per heavy atom. The molecule has 0 spiro atoms. The van der Waals surface area contributed by atoms with Gasteiger partial charge in [-0.15, -0.1) is 11.3 Å². The van der Waals surface area contributed by atoms with Crippen molar-refractivity contribution in [2.24, 2.45) is 0 Å². The van der Waals surface area contributed by atoms with Crippen molar-refractivity contribution in [2.45, 2.75) is 45.8 Å². The Hall–Kier alpha value is -2.84. The number of hydrogen-bond donors (Lipinski definition) is 1. The van der Waals surface area contributed by atoms with Crippen LogP contribution in [0.1, 0.15) is 46.4 Å². The van der Waals surface area contributed by atoms with Gasteiger partial charge in [-0.05, 0) is 44.4 Å². The molecule has 0 aliphatic carbocycles. The van der Waals surface area contributed by atoms with Crippen molar-refractivity contribution in [3.8, 4) is 16.3 Å². The third-order valence-corrected chi connectivity index (χ3v) is 6.23. The lowest BCUT2D eigenvalue weighted by Crippen LogP contribution is -2.23. The van der Waals surface area contributed by atoms with Gasteiger partial charge in [-0.2, -0.15) is 0 Å². The molecule has 1 saturated heterocycles. The number of amides is 1. The van der Waals surface area contributed by atoms with E-state index in [2.05, 4.69) is 27.2 Å². The van der Waals surface area contributed by atoms with Crippen molar-refractivity contribution in [1.82, 2.24) is 20.3 Å². The molecule has 1 atom stereocenters. The number of carbonyl (C=O) groups excluding carboxylic acids is 1. The fourth-order valence-corrected chi connectivity index (χ4v) is 4.13. The van der Waals surface area contributed by atoms with Gasteiger partial charge in [0.2, 0.25) is 0 Å². The van der Waals surface area contributed by atoms with Gasteiger partial charge in [0, 0.05) is 35.0 Å². The van der Waals surface area contributed by atoms with Gasteiger partial charge in [-0.1, -0.05) is 6.92 Å². The quantitative estimate of drug-likeness (QED) is 0.573. The van der Waals surface area contributed by atoms with Crippen LogP contribution in [0.5, 0.6) is 5.75 Å². The van der Waals surface area contributed by atoms with E-state index < -0.39 is 0 Å². The van der Waals surface area contributed by atoms with Crippen LogP contribution in [-0.4, -0.2) is 40.2 Å². The highest BCUT2D eigenvalue weighted by Gasteiger charge is 2.18. The molecule has 1 aliphatic rings. The molecule has 1 aromatic carbocycles. The standard InChI is InChI=1S/C23H26N4O3S/c1-3-21-13-27-23(31-21)17-7-16(8-20(9-17)30-14-19-5-4-6-29-19)22(28)26-12-18-11-24-15(2)10-25-18/h7-11,13,19H,3-6,12,14H2,1-2H3,(H,26,28)/t19-/m1/s1. The first-order valence-corrected chi connectivity index (χ1v) is 11.3. The maximum Gasteiger partial charge on any atom is 0.251 e. The first-order valence-electron chi connectivity index (χ1n) is 10.5. The molecule has 3 aromatic rings. The topological polar surface area (TPSA) is 86.2 Å². The molecule has 1 amide bonds. The maximum absolute atomic E-state index is 12.9. The minimum Gasteiger partial charge on any atom is -0.491 e. The molecule has 2 aromatic heterocycles. The minimum absolute atomic E-state index is 0.104. The van der Waals surface area contributed by atoms with Gasteiger partial charge in [0.25, 0.3) is 5.91 Å². The average Bonchev–Trinajstić information content (AvgIpc) is 3.49. The van der Waals surface area contributed by atoms with Gasteiger partial charge >= 0.3 is 0 Å². The van der Waals surface area contributed by atoms with Gasteiger partial charge in [0.05, 0.1) is 30.2 Å². The van der Waals surface area contributed by atoms with E-state index in [1.807, 2.05) is 25.3 Å². The number of thiazole rings is 1. The monoisotopic (exact) mass is 438 g/mol. The molecule has 0 saturated carbocycles. The molecule has 8 heteroatoms. The summed E-state index contributed by atoms with van der Waals surface area (Å²) in [6.07, 6.45) is 8.33. The molecular weight excluding hydrogens is 412 g/mol. The number of nitrogens with zero attached hydrogens (tertiary/aromatic N) is 3. The molecule has 162 valence electrons. The van der Waals surface area contributed by atoms with Crippen LogP contribution in [0.2, 0.25) is 0 Å². The predicted molar refractivity (Wildman–Crippen MR) is 119 cm³/mol. The summed E-state index contributed by atoms with van der Waals surface area (Å²) in [5, 5.41) is 3.79. The van der Waals surface area contributed by atoms with Crippen LogP contribution in [0.15, 0.2) is 36.8 Å². The van der Waals surface area contributed by atoms with Crippen LogP contribution in [0.25, 0.3) is 10.6 Å². The number of benzene rings is 1. The molecule has 0 bridgehead atoms. The molecule has 31 heavy (non-hydrogen) atoms. The van der Waals surface area contributed by atoms with Crippen molar-refractivity contribution in [3.63, 3.8) is 0 Å². The zero-order chi connectivity index (χ0) is 21.6. The van der Waals surface area contributed by atoms with Crippen molar-refractivity contribution in [3.05, 3.63) is 58.6 Å². The van der Waals surface area contributed by atoms with E-state index in [4.69, 9.17) is 9.47 Å². The lowest BCUT2D eigenvalue weighted by Gasteiger charge is -2.14. The third kappa shape index (κ3) is 5.65. The fraction of sp³-hybridized carbons (Fsp3) is 0.391. The normalized spacial score (nSPS) is 15.7. The van der Waals surface area contributed by atoms with Crippen molar-refractivity contribution >= 4 is 17.2 Å². The second-order valence-electron chi connectivity index (χ2n) is 7.51. The summed E-state index contributed by atoms with van der Waals surface area (Å²) in [4.78, 5) is 27.1. The Balaban J connectivity index is 1.53. The Morgan fingerprint density at radius 3 is 2.84 bits per heavy atom. The molecule has 1 fully saturated rings. The smallest absolute Gasteiger partial charge is 0.251 e. The summed E-state index contributed by atoms with van der Waals surface area (Å²) in [6.45, 7) is 5.54. The Kier molecular flexibility index (Phi) is 6.89. The molecule has 7 nitrogen and oxygen atoms in total. The van der Waals surface area contributed by atoms with E-state index in [1.54, 1.807) is 29.8 Å². The number of aromatic nitrogens is 3. The molecule has 3 heterocycles. The number of ether oxygens (including phenoxy) is 2. The van der Waals surface area contributed by atoms with Gasteiger partial charge in [-0.3, -0.25) is 14.8 Å². The van der Waals surface area contributed by atoms with Crippen LogP contribution in [-0.2, 0) is 17.7 Å². The van der Waals surface area contributed by atoms with Gasteiger partial charge in [-0.25, -0.2) is 4.98 Å². The number of hydrogen-bond acceptors (Lipinski definition) is 7. The van der Waals surface area contributed by atoms with Gasteiger partial charge in [0.1, 0.15) is 17.4 Å². The summed E-state index contributed by atoms with van der Waals surface area (Å²) >= 11 is 1.63. The van der Waals surface area contributed by atoms with Crippen molar-refractivity contribution in [1.29, 1.82) is 0 Å². The van der Waals surface area contributed by atoms with E-state index in [0.717, 1.165) is 42.1 Å². The third-order valence-electron chi connectivity index (χ3n) is 5.04. The van der Waals surface area contributed by atoms with E-state index in [0.29, 0.717) is 30.2 Å². The zero-order valence-corrected chi connectivity index (χ0v) is 18.6. The van der Waals surface area contributed by atoms with E-state index in [-0.39, 0.29) is 12.0 Å². The van der Waals surface area contributed by atoms with Crippen LogP contribution >= 0.6 is 11.3 Å². The number of rotatable bonds is 8. The summed E-state index contributed by atoms with van der Waals surface area (Å²) in [5.41, 5.74) is 2.94. The summed E-state index contributed by atoms with van der Waals surface area (Å²) in [5.74, 6) is 0.444. The largest absolute Gasteiger partial charge is 0.491 e. The van der Waals surface area contributed by atoms with E-state index >= 15 is 0 Å². The Morgan fingerprint density at radius 1 is 1.23 bits per heavy atom. The predicted octanol–water partition coefficient (Wildman–Crippen LogP) is 3.96. The SMILES string of the molecule is CCc1cnc(-c2cc(OC[C@H]3CCCO3)cc(C(=O)NCc3cnc(C)cn3)c2)s1.